The fourth-order valence-corrected chi connectivity index (χ4v) is 3.02. The minimum absolute atomic E-state index is 0.0350. The number of amides is 1. The first-order chi connectivity index (χ1) is 11.7. The predicted octanol–water partition coefficient (Wildman–Crippen LogP) is 2.38. The van der Waals surface area contributed by atoms with Crippen LogP contribution in [0.3, 0.4) is 0 Å². The molecule has 24 heavy (non-hydrogen) atoms. The van der Waals surface area contributed by atoms with Crippen LogP contribution in [0.1, 0.15) is 29.0 Å². The number of pyridine rings is 1. The van der Waals surface area contributed by atoms with Crippen LogP contribution in [-0.2, 0) is 13.0 Å². The molecule has 120 valence electrons. The van der Waals surface area contributed by atoms with E-state index >= 15 is 0 Å². The molecule has 1 aliphatic rings. The highest BCUT2D eigenvalue weighted by Gasteiger charge is 2.15. The van der Waals surface area contributed by atoms with Crippen LogP contribution >= 0.6 is 0 Å². The van der Waals surface area contributed by atoms with Crippen molar-refractivity contribution in [3.63, 3.8) is 0 Å². The largest absolute Gasteiger partial charge is 0.322 e. The Labute approximate surface area is 138 Å². The zero-order valence-electron chi connectivity index (χ0n) is 13.0. The van der Waals surface area contributed by atoms with Gasteiger partial charge in [-0.05, 0) is 43.2 Å². The summed E-state index contributed by atoms with van der Waals surface area (Å²) in [6.45, 7) is 0.712. The number of rotatable bonds is 2. The molecule has 0 radical (unpaired) electrons. The second-order valence-electron chi connectivity index (χ2n) is 5.87. The highest BCUT2D eigenvalue weighted by atomic mass is 16.1. The van der Waals surface area contributed by atoms with Gasteiger partial charge in [-0.3, -0.25) is 19.1 Å². The van der Waals surface area contributed by atoms with Gasteiger partial charge in [0.1, 0.15) is 5.82 Å². The average Bonchev–Trinajstić information content (AvgIpc) is 2.63. The standard InChI is InChI=1S/C18H16N4O2/c23-17(12-4-3-8-19-11-12)20-13-6-7-15-14(10-13)18(24)22-9-2-1-5-16(22)21-15/h3-4,6-8,10-11H,1-2,5,9H2,(H,20,23). The molecule has 6 nitrogen and oxygen atoms in total. The quantitative estimate of drug-likeness (QED) is 0.786. The molecule has 1 aliphatic heterocycles. The number of carbonyl (C=O) groups excluding carboxylic acids is 1. The van der Waals surface area contributed by atoms with Crippen molar-refractivity contribution in [2.75, 3.05) is 5.32 Å². The summed E-state index contributed by atoms with van der Waals surface area (Å²) in [5, 5.41) is 3.33. The number of anilines is 1. The van der Waals surface area contributed by atoms with E-state index in [1.807, 2.05) is 0 Å². The van der Waals surface area contributed by atoms with Crippen LogP contribution in [0.2, 0.25) is 0 Å². The Bertz CT molecular complexity index is 979. The average molecular weight is 320 g/mol. The molecule has 0 fully saturated rings. The minimum atomic E-state index is -0.256. The maximum atomic E-state index is 12.7. The van der Waals surface area contributed by atoms with Crippen molar-refractivity contribution in [3.8, 4) is 0 Å². The second-order valence-corrected chi connectivity index (χ2v) is 5.87. The van der Waals surface area contributed by atoms with Crippen molar-refractivity contribution in [2.45, 2.75) is 25.8 Å². The van der Waals surface area contributed by atoms with Crippen molar-refractivity contribution < 1.29 is 4.79 Å². The Morgan fingerprint density at radius 1 is 1.21 bits per heavy atom. The SMILES string of the molecule is O=C(Nc1ccc2nc3n(c(=O)c2c1)CCCC3)c1cccnc1. The lowest BCUT2D eigenvalue weighted by atomic mass is 10.1. The third kappa shape index (κ3) is 2.56. The summed E-state index contributed by atoms with van der Waals surface area (Å²) in [6, 6.07) is 8.64. The molecule has 4 rings (SSSR count). The van der Waals surface area contributed by atoms with Gasteiger partial charge in [-0.25, -0.2) is 4.98 Å². The zero-order chi connectivity index (χ0) is 16.5. The first kappa shape index (κ1) is 14.6. The third-order valence-electron chi connectivity index (χ3n) is 4.25. The number of carbonyl (C=O) groups is 1. The van der Waals surface area contributed by atoms with Crippen LogP contribution in [0.5, 0.6) is 0 Å². The molecule has 1 N–H and O–H groups in total. The van der Waals surface area contributed by atoms with E-state index in [4.69, 9.17) is 0 Å². The number of hydrogen-bond donors (Lipinski definition) is 1. The van der Waals surface area contributed by atoms with Crippen LogP contribution in [-0.4, -0.2) is 20.4 Å². The molecule has 1 amide bonds. The summed E-state index contributed by atoms with van der Waals surface area (Å²) in [6.07, 6.45) is 6.02. The summed E-state index contributed by atoms with van der Waals surface area (Å²) in [5.41, 5.74) is 1.68. The molecule has 0 atom stereocenters. The van der Waals surface area contributed by atoms with Crippen LogP contribution in [0, 0.1) is 0 Å². The molecule has 0 saturated carbocycles. The van der Waals surface area contributed by atoms with Gasteiger partial charge in [0.05, 0.1) is 16.5 Å². The number of hydrogen-bond acceptors (Lipinski definition) is 4. The van der Waals surface area contributed by atoms with Gasteiger partial charge in [-0.15, -0.1) is 0 Å². The van der Waals surface area contributed by atoms with E-state index in [2.05, 4.69) is 15.3 Å². The van der Waals surface area contributed by atoms with Gasteiger partial charge in [-0.1, -0.05) is 0 Å². The molecule has 0 saturated heterocycles. The number of fused-ring (bicyclic) bond motifs is 2. The van der Waals surface area contributed by atoms with E-state index in [-0.39, 0.29) is 11.5 Å². The number of nitrogens with one attached hydrogen (secondary N) is 1. The molecule has 2 aromatic heterocycles. The van der Waals surface area contributed by atoms with Crippen molar-refractivity contribution in [1.82, 2.24) is 14.5 Å². The number of benzene rings is 1. The van der Waals surface area contributed by atoms with Gasteiger partial charge in [0, 0.05) is 31.0 Å². The monoisotopic (exact) mass is 320 g/mol. The first-order valence-corrected chi connectivity index (χ1v) is 7.97. The normalized spacial score (nSPS) is 13.5. The molecular formula is C18H16N4O2. The lowest BCUT2D eigenvalue weighted by Gasteiger charge is -2.18. The molecular weight excluding hydrogens is 304 g/mol. The molecule has 6 heteroatoms. The highest BCUT2D eigenvalue weighted by Crippen LogP contribution is 2.18. The van der Waals surface area contributed by atoms with Crippen LogP contribution in [0.15, 0.2) is 47.5 Å². The lowest BCUT2D eigenvalue weighted by Crippen LogP contribution is -2.28. The Hall–Kier alpha value is -3.02. The highest BCUT2D eigenvalue weighted by molar-refractivity contribution is 6.04. The van der Waals surface area contributed by atoms with Crippen molar-refractivity contribution >= 4 is 22.5 Å². The van der Waals surface area contributed by atoms with Gasteiger partial charge in [-0.2, -0.15) is 0 Å². The molecule has 1 aromatic carbocycles. The van der Waals surface area contributed by atoms with Gasteiger partial charge in [0.25, 0.3) is 11.5 Å². The fraction of sp³-hybridized carbons (Fsp3) is 0.222. The molecule has 0 bridgehead atoms. The van der Waals surface area contributed by atoms with Gasteiger partial charge < -0.3 is 5.32 Å². The van der Waals surface area contributed by atoms with Crippen LogP contribution in [0.25, 0.3) is 10.9 Å². The summed E-state index contributed by atoms with van der Waals surface area (Å²) in [4.78, 5) is 33.4. The maximum Gasteiger partial charge on any atom is 0.261 e. The molecule has 0 spiro atoms. The summed E-state index contributed by atoms with van der Waals surface area (Å²) < 4.78 is 1.75. The van der Waals surface area contributed by atoms with Gasteiger partial charge in [0.2, 0.25) is 0 Å². The number of aryl methyl sites for hydroxylation is 1. The summed E-state index contributed by atoms with van der Waals surface area (Å²) in [7, 11) is 0. The maximum absolute atomic E-state index is 12.7. The van der Waals surface area contributed by atoms with E-state index in [1.54, 1.807) is 41.1 Å². The van der Waals surface area contributed by atoms with Gasteiger partial charge >= 0.3 is 0 Å². The molecule has 3 aromatic rings. The predicted molar refractivity (Wildman–Crippen MR) is 91.1 cm³/mol. The van der Waals surface area contributed by atoms with E-state index in [0.29, 0.717) is 28.7 Å². The Kier molecular flexibility index (Phi) is 3.57. The van der Waals surface area contributed by atoms with E-state index in [9.17, 15) is 9.59 Å². The minimum Gasteiger partial charge on any atom is -0.322 e. The van der Waals surface area contributed by atoms with Crippen molar-refractivity contribution in [2.24, 2.45) is 0 Å². The number of aromatic nitrogens is 3. The Morgan fingerprint density at radius 2 is 2.12 bits per heavy atom. The Morgan fingerprint density at radius 3 is 2.96 bits per heavy atom. The molecule has 3 heterocycles. The molecule has 0 unspecified atom stereocenters. The van der Waals surface area contributed by atoms with Crippen LogP contribution < -0.4 is 10.9 Å². The topological polar surface area (TPSA) is 76.9 Å². The number of nitrogens with zero attached hydrogens (tertiary/aromatic N) is 3. The van der Waals surface area contributed by atoms with Crippen molar-refractivity contribution in [1.29, 1.82) is 0 Å². The van der Waals surface area contributed by atoms with Gasteiger partial charge in [0.15, 0.2) is 0 Å². The third-order valence-corrected chi connectivity index (χ3v) is 4.25. The summed E-state index contributed by atoms with van der Waals surface area (Å²) in [5.74, 6) is 0.597. The van der Waals surface area contributed by atoms with E-state index < -0.39 is 0 Å². The second kappa shape index (κ2) is 5.88. The van der Waals surface area contributed by atoms with E-state index in [1.165, 1.54) is 6.20 Å². The molecule has 0 aliphatic carbocycles. The smallest absolute Gasteiger partial charge is 0.261 e. The first-order valence-electron chi connectivity index (χ1n) is 7.97. The Balaban J connectivity index is 1.72. The summed E-state index contributed by atoms with van der Waals surface area (Å²) >= 11 is 0. The van der Waals surface area contributed by atoms with E-state index in [0.717, 1.165) is 25.1 Å². The zero-order valence-corrected chi connectivity index (χ0v) is 13.0. The van der Waals surface area contributed by atoms with Crippen LogP contribution in [0.4, 0.5) is 5.69 Å². The lowest BCUT2D eigenvalue weighted by molar-refractivity contribution is 0.102. The fourth-order valence-electron chi connectivity index (χ4n) is 3.02. The van der Waals surface area contributed by atoms with Crippen molar-refractivity contribution in [3.05, 3.63) is 64.5 Å².